The minimum atomic E-state index is 0.237. The molecule has 1 aliphatic carbocycles. The van der Waals surface area contributed by atoms with Crippen molar-refractivity contribution in [3.63, 3.8) is 0 Å². The van der Waals surface area contributed by atoms with Crippen LogP contribution < -0.4 is 0 Å². The van der Waals surface area contributed by atoms with Gasteiger partial charge in [-0.1, -0.05) is 33.3 Å². The van der Waals surface area contributed by atoms with E-state index in [0.29, 0.717) is 11.3 Å². The van der Waals surface area contributed by atoms with Crippen LogP contribution in [0.2, 0.25) is 0 Å². The molecule has 0 aromatic carbocycles. The summed E-state index contributed by atoms with van der Waals surface area (Å²) in [5, 5.41) is 2.52. The van der Waals surface area contributed by atoms with Crippen LogP contribution in [0.1, 0.15) is 44.9 Å². The van der Waals surface area contributed by atoms with Gasteiger partial charge in [-0.25, -0.2) is 0 Å². The Hall–Kier alpha value is -0.0100. The molecule has 0 nitrogen and oxygen atoms in total. The Morgan fingerprint density at radius 1 is 1.38 bits per heavy atom. The molecule has 1 aromatic rings. The van der Waals surface area contributed by atoms with Crippen molar-refractivity contribution < 1.29 is 0 Å². The Morgan fingerprint density at radius 3 is 2.69 bits per heavy atom. The molecule has 2 rings (SSSR count). The van der Waals surface area contributed by atoms with E-state index >= 15 is 0 Å². The van der Waals surface area contributed by atoms with Crippen LogP contribution in [-0.2, 0) is 5.41 Å². The molecule has 1 heterocycles. The standard InChI is InChI=1S/C14H21ClS/c1-10-6-7-11(12(15)9-10)14(2,3)13-5-4-8-16-13/h4-5,8,10-12H,6-7,9H2,1-3H3. The predicted molar refractivity (Wildman–Crippen MR) is 73.5 cm³/mol. The second kappa shape index (κ2) is 4.70. The highest BCUT2D eigenvalue weighted by Crippen LogP contribution is 2.45. The van der Waals surface area contributed by atoms with Gasteiger partial charge in [0.2, 0.25) is 0 Å². The van der Waals surface area contributed by atoms with Crippen molar-refractivity contribution >= 4 is 22.9 Å². The quantitative estimate of drug-likeness (QED) is 0.648. The van der Waals surface area contributed by atoms with Crippen molar-refractivity contribution in [2.45, 2.75) is 50.8 Å². The van der Waals surface area contributed by atoms with Gasteiger partial charge in [0.1, 0.15) is 0 Å². The summed E-state index contributed by atoms with van der Waals surface area (Å²) in [7, 11) is 0. The van der Waals surface area contributed by atoms with Crippen LogP contribution in [-0.4, -0.2) is 5.38 Å². The van der Waals surface area contributed by atoms with E-state index in [1.54, 1.807) is 0 Å². The Bertz CT molecular complexity index is 329. The van der Waals surface area contributed by atoms with E-state index in [1.165, 1.54) is 24.1 Å². The molecule has 3 atom stereocenters. The van der Waals surface area contributed by atoms with Gasteiger partial charge in [0.25, 0.3) is 0 Å². The number of alkyl halides is 1. The minimum Gasteiger partial charge on any atom is -0.148 e. The van der Waals surface area contributed by atoms with E-state index in [4.69, 9.17) is 11.6 Å². The predicted octanol–water partition coefficient (Wildman–Crippen LogP) is 5.07. The number of hydrogen-bond acceptors (Lipinski definition) is 1. The summed E-state index contributed by atoms with van der Waals surface area (Å²) < 4.78 is 0. The lowest BCUT2D eigenvalue weighted by Gasteiger charge is -2.41. The lowest BCUT2D eigenvalue weighted by atomic mass is 9.68. The number of rotatable bonds is 2. The Labute approximate surface area is 108 Å². The van der Waals surface area contributed by atoms with Crippen LogP contribution in [0.25, 0.3) is 0 Å². The number of halogens is 1. The van der Waals surface area contributed by atoms with Crippen molar-refractivity contribution in [1.29, 1.82) is 0 Å². The zero-order valence-electron chi connectivity index (χ0n) is 10.4. The number of thiophene rings is 1. The molecular weight excluding hydrogens is 236 g/mol. The van der Waals surface area contributed by atoms with E-state index < -0.39 is 0 Å². The molecule has 0 aliphatic heterocycles. The molecule has 1 aromatic heterocycles. The topological polar surface area (TPSA) is 0 Å². The summed E-state index contributed by atoms with van der Waals surface area (Å²) >= 11 is 8.45. The van der Waals surface area contributed by atoms with Gasteiger partial charge in [-0.3, -0.25) is 0 Å². The van der Waals surface area contributed by atoms with Crippen LogP contribution in [0.3, 0.4) is 0 Å². The first-order valence-corrected chi connectivity index (χ1v) is 7.51. The molecule has 90 valence electrons. The Balaban J connectivity index is 2.17. The molecular formula is C14H21ClS. The summed E-state index contributed by atoms with van der Waals surface area (Å²) in [6, 6.07) is 4.41. The average molecular weight is 257 g/mol. The maximum Gasteiger partial charge on any atom is 0.0375 e. The molecule has 16 heavy (non-hydrogen) atoms. The second-order valence-corrected chi connectivity index (χ2v) is 7.25. The van der Waals surface area contributed by atoms with Crippen LogP contribution in [0.5, 0.6) is 0 Å². The summed E-state index contributed by atoms with van der Waals surface area (Å²) in [5.41, 5.74) is 0.237. The normalized spacial score (nSPS) is 31.6. The molecule has 0 bridgehead atoms. The SMILES string of the molecule is CC1CCC(C(C)(C)c2cccs2)C(Cl)C1. The zero-order chi connectivity index (χ0) is 11.8. The van der Waals surface area contributed by atoms with Gasteiger partial charge in [0.15, 0.2) is 0 Å². The van der Waals surface area contributed by atoms with Gasteiger partial charge in [-0.2, -0.15) is 0 Å². The zero-order valence-corrected chi connectivity index (χ0v) is 11.9. The van der Waals surface area contributed by atoms with Crippen LogP contribution in [0, 0.1) is 11.8 Å². The number of hydrogen-bond donors (Lipinski definition) is 0. The molecule has 0 saturated heterocycles. The van der Waals surface area contributed by atoms with Crippen molar-refractivity contribution in [2.75, 3.05) is 0 Å². The summed E-state index contributed by atoms with van der Waals surface area (Å²) in [5.74, 6) is 1.43. The lowest BCUT2D eigenvalue weighted by Crippen LogP contribution is -2.38. The van der Waals surface area contributed by atoms with Gasteiger partial charge in [0.05, 0.1) is 0 Å². The van der Waals surface area contributed by atoms with E-state index in [-0.39, 0.29) is 5.41 Å². The largest absolute Gasteiger partial charge is 0.148 e. The Kier molecular flexibility index (Phi) is 3.65. The van der Waals surface area contributed by atoms with E-state index in [0.717, 1.165) is 5.92 Å². The summed E-state index contributed by atoms with van der Waals surface area (Å²) in [6.07, 6.45) is 3.80. The van der Waals surface area contributed by atoms with E-state index in [2.05, 4.69) is 38.3 Å². The van der Waals surface area contributed by atoms with Gasteiger partial charge >= 0.3 is 0 Å². The van der Waals surface area contributed by atoms with Gasteiger partial charge in [0, 0.05) is 15.7 Å². The molecule has 1 aliphatic rings. The van der Waals surface area contributed by atoms with Crippen molar-refractivity contribution in [2.24, 2.45) is 11.8 Å². The average Bonchev–Trinajstić information content (AvgIpc) is 2.69. The van der Waals surface area contributed by atoms with Crippen LogP contribution >= 0.6 is 22.9 Å². The molecule has 3 unspecified atom stereocenters. The van der Waals surface area contributed by atoms with E-state index in [9.17, 15) is 0 Å². The molecule has 0 spiro atoms. The maximum absolute atomic E-state index is 6.58. The minimum absolute atomic E-state index is 0.237. The fourth-order valence-corrected chi connectivity index (χ4v) is 4.61. The second-order valence-electron chi connectivity index (χ2n) is 5.74. The molecule has 1 saturated carbocycles. The van der Waals surface area contributed by atoms with Crippen molar-refractivity contribution in [3.05, 3.63) is 22.4 Å². The molecule has 0 amide bonds. The van der Waals surface area contributed by atoms with E-state index in [1.807, 2.05) is 11.3 Å². The first kappa shape index (κ1) is 12.4. The fourth-order valence-electron chi connectivity index (χ4n) is 2.95. The molecule has 1 fully saturated rings. The highest BCUT2D eigenvalue weighted by Gasteiger charge is 2.39. The first-order valence-electron chi connectivity index (χ1n) is 6.20. The highest BCUT2D eigenvalue weighted by molar-refractivity contribution is 7.10. The summed E-state index contributed by atoms with van der Waals surface area (Å²) in [6.45, 7) is 7.04. The fraction of sp³-hybridized carbons (Fsp3) is 0.714. The van der Waals surface area contributed by atoms with Crippen LogP contribution in [0.15, 0.2) is 17.5 Å². The molecule has 0 N–H and O–H groups in total. The van der Waals surface area contributed by atoms with Crippen molar-refractivity contribution in [3.8, 4) is 0 Å². The third-order valence-corrected chi connectivity index (χ3v) is 5.81. The van der Waals surface area contributed by atoms with Crippen LogP contribution in [0.4, 0.5) is 0 Å². The monoisotopic (exact) mass is 256 g/mol. The smallest absolute Gasteiger partial charge is 0.0375 e. The van der Waals surface area contributed by atoms with Gasteiger partial charge in [-0.15, -0.1) is 22.9 Å². The lowest BCUT2D eigenvalue weighted by molar-refractivity contribution is 0.210. The molecule has 2 heteroatoms. The maximum atomic E-state index is 6.58. The highest BCUT2D eigenvalue weighted by atomic mass is 35.5. The van der Waals surface area contributed by atoms with Crippen molar-refractivity contribution in [1.82, 2.24) is 0 Å². The third kappa shape index (κ3) is 2.31. The summed E-state index contributed by atoms with van der Waals surface area (Å²) in [4.78, 5) is 1.48. The van der Waals surface area contributed by atoms with Gasteiger partial charge in [-0.05, 0) is 36.1 Å². The van der Waals surface area contributed by atoms with Gasteiger partial charge < -0.3 is 0 Å². The third-order valence-electron chi connectivity index (χ3n) is 4.12. The molecule has 0 radical (unpaired) electrons. The first-order chi connectivity index (χ1) is 7.51. The Morgan fingerprint density at radius 2 is 2.12 bits per heavy atom.